The van der Waals surface area contributed by atoms with Gasteiger partial charge in [-0.25, -0.2) is 4.39 Å². The molecule has 1 fully saturated rings. The van der Waals surface area contributed by atoms with Crippen LogP contribution in [0.25, 0.3) is 0 Å². The molecule has 0 bridgehead atoms. The second kappa shape index (κ2) is 5.88. The van der Waals surface area contributed by atoms with Crippen LogP contribution in [-0.2, 0) is 0 Å². The van der Waals surface area contributed by atoms with Crippen molar-refractivity contribution < 1.29 is 4.39 Å². The molecule has 3 nitrogen and oxygen atoms in total. The van der Waals surface area contributed by atoms with E-state index in [-0.39, 0.29) is 11.9 Å². The van der Waals surface area contributed by atoms with E-state index in [2.05, 4.69) is 23.9 Å². The van der Waals surface area contributed by atoms with E-state index in [1.165, 1.54) is 6.42 Å². The molecule has 0 aliphatic carbocycles. The highest BCUT2D eigenvalue weighted by molar-refractivity contribution is 5.50. The molecule has 0 spiro atoms. The molecule has 0 radical (unpaired) electrons. The van der Waals surface area contributed by atoms with Gasteiger partial charge in [-0.1, -0.05) is 6.07 Å². The van der Waals surface area contributed by atoms with Crippen LogP contribution in [0, 0.1) is 5.82 Å². The van der Waals surface area contributed by atoms with Crippen LogP contribution >= 0.6 is 0 Å². The summed E-state index contributed by atoms with van der Waals surface area (Å²) in [5.41, 5.74) is 7.34. The molecule has 2 rings (SSSR count). The lowest BCUT2D eigenvalue weighted by Gasteiger charge is -2.37. The van der Waals surface area contributed by atoms with Crippen LogP contribution in [0.15, 0.2) is 18.2 Å². The number of likely N-dealkylation sites (N-methyl/N-ethyl adjacent to an activating group) is 1. The molecular weight excluding hydrogens is 241 g/mol. The van der Waals surface area contributed by atoms with Gasteiger partial charge in [-0.3, -0.25) is 0 Å². The second-order valence-electron chi connectivity index (χ2n) is 5.71. The zero-order chi connectivity index (χ0) is 14.0. The largest absolute Gasteiger partial charge is 0.368 e. The van der Waals surface area contributed by atoms with Crippen molar-refractivity contribution >= 4 is 5.69 Å². The van der Waals surface area contributed by atoms with Crippen LogP contribution < -0.4 is 10.6 Å². The predicted molar refractivity (Wildman–Crippen MR) is 77.9 cm³/mol. The summed E-state index contributed by atoms with van der Waals surface area (Å²) >= 11 is 0. The van der Waals surface area contributed by atoms with E-state index in [0.29, 0.717) is 11.7 Å². The third-order valence-electron chi connectivity index (χ3n) is 3.97. The van der Waals surface area contributed by atoms with E-state index in [1.54, 1.807) is 6.07 Å². The first-order chi connectivity index (χ1) is 8.99. The fourth-order valence-electron chi connectivity index (χ4n) is 2.66. The van der Waals surface area contributed by atoms with Crippen molar-refractivity contribution in [2.45, 2.75) is 31.8 Å². The van der Waals surface area contributed by atoms with E-state index < -0.39 is 0 Å². The van der Waals surface area contributed by atoms with Gasteiger partial charge in [0.25, 0.3) is 0 Å². The molecule has 0 aromatic heterocycles. The average Bonchev–Trinajstić information content (AvgIpc) is 2.38. The van der Waals surface area contributed by atoms with E-state index in [0.717, 1.165) is 25.1 Å². The van der Waals surface area contributed by atoms with Gasteiger partial charge in [0.1, 0.15) is 5.82 Å². The summed E-state index contributed by atoms with van der Waals surface area (Å²) in [5.74, 6) is -0.158. The van der Waals surface area contributed by atoms with Crippen molar-refractivity contribution in [1.82, 2.24) is 4.90 Å². The van der Waals surface area contributed by atoms with E-state index in [4.69, 9.17) is 5.73 Å². The summed E-state index contributed by atoms with van der Waals surface area (Å²) in [6, 6.07) is 5.74. The first-order valence-corrected chi connectivity index (χ1v) is 6.95. The Bertz CT molecular complexity index is 431. The molecule has 4 heteroatoms. The molecule has 1 aliphatic heterocycles. The standard InChI is InChI=1S/C15H24FN3/c1-11(17)12-6-7-15(14(16)9-12)19-8-4-5-13(10-19)18(2)3/h6-7,9,11,13H,4-5,8,10,17H2,1-3H3. The molecule has 1 aliphatic rings. The van der Waals surface area contributed by atoms with Gasteiger partial charge in [-0.15, -0.1) is 0 Å². The van der Waals surface area contributed by atoms with Gasteiger partial charge < -0.3 is 15.5 Å². The number of benzene rings is 1. The predicted octanol–water partition coefficient (Wildman–Crippen LogP) is 2.38. The Labute approximate surface area is 115 Å². The van der Waals surface area contributed by atoms with E-state index in [1.807, 2.05) is 19.1 Å². The van der Waals surface area contributed by atoms with Crippen LogP contribution in [0.2, 0.25) is 0 Å². The highest BCUT2D eigenvalue weighted by Gasteiger charge is 2.23. The first-order valence-electron chi connectivity index (χ1n) is 6.95. The molecule has 1 saturated heterocycles. The molecule has 0 amide bonds. The third-order valence-corrected chi connectivity index (χ3v) is 3.97. The number of nitrogens with zero attached hydrogens (tertiary/aromatic N) is 2. The van der Waals surface area contributed by atoms with Gasteiger partial charge in [-0.05, 0) is 51.6 Å². The number of halogens is 1. The van der Waals surface area contributed by atoms with Crippen molar-refractivity contribution in [2.75, 3.05) is 32.1 Å². The molecule has 2 N–H and O–H groups in total. The Hall–Kier alpha value is -1.13. The maximum Gasteiger partial charge on any atom is 0.146 e. The number of hydrogen-bond donors (Lipinski definition) is 1. The lowest BCUT2D eigenvalue weighted by atomic mass is 10.0. The number of piperidine rings is 1. The monoisotopic (exact) mass is 265 g/mol. The summed E-state index contributed by atoms with van der Waals surface area (Å²) in [7, 11) is 4.17. The molecule has 2 atom stereocenters. The zero-order valence-electron chi connectivity index (χ0n) is 12.1. The molecule has 1 aromatic rings. The summed E-state index contributed by atoms with van der Waals surface area (Å²) in [4.78, 5) is 4.37. The van der Waals surface area contributed by atoms with Crippen molar-refractivity contribution in [2.24, 2.45) is 5.73 Å². The lowest BCUT2D eigenvalue weighted by Crippen LogP contribution is -2.45. The average molecular weight is 265 g/mol. The van der Waals surface area contributed by atoms with Gasteiger partial charge in [0.05, 0.1) is 5.69 Å². The Morgan fingerprint density at radius 2 is 2.16 bits per heavy atom. The molecule has 19 heavy (non-hydrogen) atoms. The van der Waals surface area contributed by atoms with Crippen LogP contribution in [-0.4, -0.2) is 38.1 Å². The summed E-state index contributed by atoms with van der Waals surface area (Å²) in [6.07, 6.45) is 2.29. The van der Waals surface area contributed by atoms with Crippen molar-refractivity contribution in [3.8, 4) is 0 Å². The number of anilines is 1. The molecule has 106 valence electrons. The van der Waals surface area contributed by atoms with Gasteiger partial charge in [0.15, 0.2) is 0 Å². The Kier molecular flexibility index (Phi) is 4.42. The summed E-state index contributed by atoms with van der Waals surface area (Å²) < 4.78 is 14.2. The second-order valence-corrected chi connectivity index (χ2v) is 5.71. The van der Waals surface area contributed by atoms with Crippen LogP contribution in [0.3, 0.4) is 0 Å². The maximum absolute atomic E-state index is 14.2. The van der Waals surface area contributed by atoms with E-state index in [9.17, 15) is 4.39 Å². The van der Waals surface area contributed by atoms with Crippen molar-refractivity contribution in [1.29, 1.82) is 0 Å². The topological polar surface area (TPSA) is 32.5 Å². The van der Waals surface area contributed by atoms with Gasteiger partial charge >= 0.3 is 0 Å². The molecule has 1 aromatic carbocycles. The fourth-order valence-corrected chi connectivity index (χ4v) is 2.66. The molecule has 2 unspecified atom stereocenters. The van der Waals surface area contributed by atoms with Crippen molar-refractivity contribution in [3.63, 3.8) is 0 Å². The minimum Gasteiger partial charge on any atom is -0.368 e. The van der Waals surface area contributed by atoms with Gasteiger partial charge in [0.2, 0.25) is 0 Å². The summed E-state index contributed by atoms with van der Waals surface area (Å²) in [6.45, 7) is 3.69. The minimum atomic E-state index is -0.158. The minimum absolute atomic E-state index is 0.126. The van der Waals surface area contributed by atoms with E-state index >= 15 is 0 Å². The first kappa shape index (κ1) is 14.3. The number of hydrogen-bond acceptors (Lipinski definition) is 3. The highest BCUT2D eigenvalue weighted by Crippen LogP contribution is 2.26. The molecular formula is C15H24FN3. The van der Waals surface area contributed by atoms with Crippen molar-refractivity contribution in [3.05, 3.63) is 29.6 Å². The quantitative estimate of drug-likeness (QED) is 0.910. The number of rotatable bonds is 3. The molecule has 1 heterocycles. The van der Waals surface area contributed by atoms with Crippen LogP contribution in [0.1, 0.15) is 31.4 Å². The number of nitrogens with two attached hydrogens (primary N) is 1. The zero-order valence-corrected chi connectivity index (χ0v) is 12.1. The smallest absolute Gasteiger partial charge is 0.146 e. The normalized spacial score (nSPS) is 21.8. The molecule has 0 saturated carbocycles. The Morgan fingerprint density at radius 1 is 1.42 bits per heavy atom. The van der Waals surface area contributed by atoms with Gasteiger partial charge in [-0.2, -0.15) is 0 Å². The summed E-state index contributed by atoms with van der Waals surface area (Å²) in [5, 5.41) is 0. The highest BCUT2D eigenvalue weighted by atomic mass is 19.1. The fraction of sp³-hybridized carbons (Fsp3) is 0.600. The van der Waals surface area contributed by atoms with Crippen LogP contribution in [0.4, 0.5) is 10.1 Å². The Morgan fingerprint density at radius 3 is 2.74 bits per heavy atom. The Balaban J connectivity index is 2.17. The third kappa shape index (κ3) is 3.25. The van der Waals surface area contributed by atoms with Crippen LogP contribution in [0.5, 0.6) is 0 Å². The maximum atomic E-state index is 14.2. The SMILES string of the molecule is CC(N)c1ccc(N2CCCC(N(C)C)C2)c(F)c1. The lowest BCUT2D eigenvalue weighted by molar-refractivity contribution is 0.257. The van der Waals surface area contributed by atoms with Gasteiger partial charge in [0, 0.05) is 25.2 Å².